The number of nitrogens with zero attached hydrogens (tertiary/aromatic N) is 3. The number of benzene rings is 1. The van der Waals surface area contributed by atoms with Gasteiger partial charge in [0.2, 0.25) is 5.29 Å². The number of amides is 2. The number of halogens is 3. The zero-order chi connectivity index (χ0) is 15.3. The van der Waals surface area contributed by atoms with Gasteiger partial charge in [-0.05, 0) is 30.7 Å². The van der Waals surface area contributed by atoms with Crippen LogP contribution in [0, 0.1) is 0 Å². The minimum absolute atomic E-state index is 0.113. The first-order valence-corrected chi connectivity index (χ1v) is 7.21. The molecule has 1 aromatic carbocycles. The van der Waals surface area contributed by atoms with E-state index in [1.807, 2.05) is 0 Å². The van der Waals surface area contributed by atoms with Gasteiger partial charge in [-0.25, -0.2) is 15.3 Å². The van der Waals surface area contributed by atoms with Gasteiger partial charge in [0.05, 0.1) is 10.7 Å². The van der Waals surface area contributed by atoms with Crippen molar-refractivity contribution >= 4 is 57.6 Å². The van der Waals surface area contributed by atoms with Crippen LogP contribution >= 0.6 is 34.8 Å². The van der Waals surface area contributed by atoms with Crippen LogP contribution in [0.4, 0.5) is 5.69 Å². The fourth-order valence-corrected chi connectivity index (χ4v) is 3.14. The molecule has 1 atom stereocenters. The van der Waals surface area contributed by atoms with Crippen LogP contribution in [-0.2, 0) is 9.59 Å². The second kappa shape index (κ2) is 5.14. The summed E-state index contributed by atoms with van der Waals surface area (Å²) in [6.07, 6.45) is -0.642. The number of hydrogen-bond donors (Lipinski definition) is 1. The largest absolute Gasteiger partial charge is 0.327 e. The topological polar surface area (TPSA) is 65.0 Å². The number of likely N-dealkylation sites (N-methyl/N-ethyl adjacent to an activating group) is 1. The molecule has 0 aromatic heterocycles. The summed E-state index contributed by atoms with van der Waals surface area (Å²) in [7, 11) is 0. The molecule has 2 bridgehead atoms. The molecule has 2 amide bonds. The maximum atomic E-state index is 12.4. The van der Waals surface area contributed by atoms with Crippen LogP contribution in [0.15, 0.2) is 17.1 Å². The van der Waals surface area contributed by atoms with E-state index in [2.05, 4.69) is 10.4 Å². The summed E-state index contributed by atoms with van der Waals surface area (Å²) in [5.41, 5.74) is 3.77. The molecule has 0 aliphatic carbocycles. The number of hydrazine groups is 1. The fourth-order valence-electron chi connectivity index (χ4n) is 2.29. The quantitative estimate of drug-likeness (QED) is 0.626. The van der Waals surface area contributed by atoms with Crippen LogP contribution in [0.25, 0.3) is 0 Å². The number of nitrogens with one attached hydrogen (secondary N) is 1. The Labute approximate surface area is 135 Å². The summed E-state index contributed by atoms with van der Waals surface area (Å²) in [6, 6.07) is 3.12. The van der Waals surface area contributed by atoms with Gasteiger partial charge in [-0.3, -0.25) is 14.6 Å². The van der Waals surface area contributed by atoms with E-state index >= 15 is 0 Å². The number of amidine groups is 1. The lowest BCUT2D eigenvalue weighted by Gasteiger charge is -2.37. The Morgan fingerprint density at radius 2 is 1.95 bits per heavy atom. The summed E-state index contributed by atoms with van der Waals surface area (Å²) >= 11 is 18.2. The molecule has 9 heteroatoms. The minimum atomic E-state index is -0.832. The van der Waals surface area contributed by atoms with Crippen LogP contribution in [0.5, 0.6) is 0 Å². The van der Waals surface area contributed by atoms with E-state index in [-0.39, 0.29) is 10.3 Å². The highest BCUT2D eigenvalue weighted by Crippen LogP contribution is 2.41. The van der Waals surface area contributed by atoms with Crippen LogP contribution in [0.2, 0.25) is 10.0 Å². The number of carbonyl (C=O) groups excluding carboxylic acids is 2. The zero-order valence-electron chi connectivity index (χ0n) is 10.7. The lowest BCUT2D eigenvalue weighted by molar-refractivity contribution is -0.147. The number of carbonyl (C=O) groups is 2. The Morgan fingerprint density at radius 1 is 1.24 bits per heavy atom. The Hall–Kier alpha value is -1.34. The maximum Gasteiger partial charge on any atom is 0.327 e. The number of aliphatic imine (C=N–C) groups is 1. The van der Waals surface area contributed by atoms with E-state index in [4.69, 9.17) is 34.8 Å². The van der Waals surface area contributed by atoms with Gasteiger partial charge in [0.1, 0.15) is 6.17 Å². The molecular weight excluding hydrogens is 339 g/mol. The predicted octanol–water partition coefficient (Wildman–Crippen LogP) is 2.30. The average molecular weight is 348 g/mol. The van der Waals surface area contributed by atoms with Gasteiger partial charge in [0.25, 0.3) is 0 Å². The van der Waals surface area contributed by atoms with Gasteiger partial charge in [0, 0.05) is 17.1 Å². The molecule has 1 aromatic rings. The summed E-state index contributed by atoms with van der Waals surface area (Å²) in [6.45, 7) is 2.03. The van der Waals surface area contributed by atoms with Crippen LogP contribution < -0.4 is 10.3 Å². The standard InChI is InChI=1S/C12H9Cl3N4O2/c1-2-18-10(20)11(21)19-8-6(3-5(13)4-7(8)14)9(17-18)16-12(19)15/h3-4,9,17H,2H2,1H3. The first-order chi connectivity index (χ1) is 9.93. The van der Waals surface area contributed by atoms with Crippen molar-refractivity contribution in [2.75, 3.05) is 11.4 Å². The molecule has 0 radical (unpaired) electrons. The van der Waals surface area contributed by atoms with Gasteiger partial charge >= 0.3 is 11.8 Å². The molecule has 0 saturated carbocycles. The van der Waals surface area contributed by atoms with Crippen molar-refractivity contribution in [1.82, 2.24) is 10.4 Å². The second-order valence-electron chi connectivity index (χ2n) is 4.45. The molecule has 1 N–H and O–H groups in total. The molecule has 4 rings (SSSR count). The van der Waals surface area contributed by atoms with Crippen LogP contribution in [0.1, 0.15) is 18.7 Å². The van der Waals surface area contributed by atoms with Crippen molar-refractivity contribution in [1.29, 1.82) is 0 Å². The normalized spacial score (nSPS) is 21.1. The summed E-state index contributed by atoms with van der Waals surface area (Å²) in [5.74, 6) is -1.56. The molecule has 110 valence electrons. The maximum absolute atomic E-state index is 12.4. The Morgan fingerprint density at radius 3 is 2.62 bits per heavy atom. The first-order valence-electron chi connectivity index (χ1n) is 6.08. The lowest BCUT2D eigenvalue weighted by Crippen LogP contribution is -2.57. The van der Waals surface area contributed by atoms with Gasteiger partial charge in [-0.15, -0.1) is 0 Å². The van der Waals surface area contributed by atoms with Gasteiger partial charge in [-0.2, -0.15) is 0 Å². The van der Waals surface area contributed by atoms with Crippen LogP contribution in [-0.4, -0.2) is 28.7 Å². The Bertz CT molecular complexity index is 691. The molecule has 21 heavy (non-hydrogen) atoms. The highest BCUT2D eigenvalue weighted by Gasteiger charge is 2.41. The van der Waals surface area contributed by atoms with Crippen LogP contribution in [0.3, 0.4) is 0 Å². The highest BCUT2D eigenvalue weighted by atomic mass is 35.5. The first kappa shape index (κ1) is 14.6. The minimum Gasteiger partial charge on any atom is -0.268 e. The molecule has 0 spiro atoms. The molecular formula is C12H9Cl3N4O2. The van der Waals surface area contributed by atoms with E-state index in [1.165, 1.54) is 11.1 Å². The Balaban J connectivity index is 2.27. The lowest BCUT2D eigenvalue weighted by atomic mass is 10.1. The monoisotopic (exact) mass is 346 g/mol. The van der Waals surface area contributed by atoms with Crippen molar-refractivity contribution in [3.63, 3.8) is 0 Å². The molecule has 3 heterocycles. The molecule has 3 aliphatic heterocycles. The van der Waals surface area contributed by atoms with Crippen molar-refractivity contribution < 1.29 is 9.59 Å². The van der Waals surface area contributed by atoms with E-state index in [9.17, 15) is 9.59 Å². The van der Waals surface area contributed by atoms with Crippen molar-refractivity contribution in [2.24, 2.45) is 4.99 Å². The number of fused-ring (bicyclic) bond motifs is 3. The second-order valence-corrected chi connectivity index (χ2v) is 5.63. The number of rotatable bonds is 1. The van der Waals surface area contributed by atoms with Gasteiger partial charge < -0.3 is 0 Å². The number of hydrogen-bond acceptors (Lipinski definition) is 4. The van der Waals surface area contributed by atoms with Gasteiger partial charge in [-0.1, -0.05) is 23.2 Å². The fraction of sp³-hybridized carbons (Fsp3) is 0.250. The molecule has 3 aliphatic rings. The molecule has 0 saturated heterocycles. The van der Waals surface area contributed by atoms with Crippen molar-refractivity contribution in [3.05, 3.63) is 27.7 Å². The van der Waals surface area contributed by atoms with Crippen molar-refractivity contribution in [2.45, 2.75) is 13.1 Å². The highest BCUT2D eigenvalue weighted by molar-refractivity contribution is 6.73. The summed E-state index contributed by atoms with van der Waals surface area (Å²) in [4.78, 5) is 29.7. The zero-order valence-corrected chi connectivity index (χ0v) is 13.0. The van der Waals surface area contributed by atoms with E-state index in [0.29, 0.717) is 22.8 Å². The number of anilines is 1. The van der Waals surface area contributed by atoms with E-state index < -0.39 is 18.0 Å². The third-order valence-electron chi connectivity index (χ3n) is 3.22. The summed E-state index contributed by atoms with van der Waals surface area (Å²) < 4.78 is 0. The van der Waals surface area contributed by atoms with E-state index in [0.717, 1.165) is 4.90 Å². The molecule has 6 nitrogen and oxygen atoms in total. The van der Waals surface area contributed by atoms with Crippen molar-refractivity contribution in [3.8, 4) is 0 Å². The third kappa shape index (κ3) is 2.19. The van der Waals surface area contributed by atoms with E-state index in [1.54, 1.807) is 13.0 Å². The summed E-state index contributed by atoms with van der Waals surface area (Å²) in [5, 5.41) is 1.70. The SMILES string of the molecule is CCN1NC2N=C(Cl)N(C(=O)C1=O)c1c(Cl)cc(Cl)cc12. The Kier molecular flexibility index (Phi) is 3.57. The smallest absolute Gasteiger partial charge is 0.268 e. The predicted molar refractivity (Wildman–Crippen MR) is 80.5 cm³/mol. The third-order valence-corrected chi connectivity index (χ3v) is 3.99. The molecule has 1 unspecified atom stereocenters. The molecule has 0 fully saturated rings. The average Bonchev–Trinajstić information content (AvgIpc) is 2.43. The van der Waals surface area contributed by atoms with Gasteiger partial charge in [0.15, 0.2) is 0 Å².